The first kappa shape index (κ1) is 25.4. The van der Waals surface area contributed by atoms with Crippen molar-refractivity contribution in [2.24, 2.45) is 0 Å². The summed E-state index contributed by atoms with van der Waals surface area (Å²) in [4.78, 5) is 48.8. The third-order valence-corrected chi connectivity index (χ3v) is 6.29. The lowest BCUT2D eigenvalue weighted by Gasteiger charge is -2.26. The van der Waals surface area contributed by atoms with Crippen LogP contribution in [-0.4, -0.2) is 22.8 Å². The van der Waals surface area contributed by atoms with Crippen molar-refractivity contribution in [2.45, 2.75) is 6.61 Å². The third kappa shape index (κ3) is 5.40. The third-order valence-electron chi connectivity index (χ3n) is 5.09. The molecule has 1 aliphatic rings. The minimum atomic E-state index is -0.957. The molecule has 4 amide bonds. The van der Waals surface area contributed by atoms with Gasteiger partial charge in [0.05, 0.1) is 15.1 Å². The average Bonchev–Trinajstić information content (AvgIpc) is 2.82. The zero-order valence-corrected chi connectivity index (χ0v) is 21.1. The molecule has 0 aliphatic carbocycles. The zero-order chi connectivity index (χ0) is 26.0. The van der Waals surface area contributed by atoms with E-state index in [9.17, 15) is 24.5 Å². The van der Waals surface area contributed by atoms with E-state index >= 15 is 0 Å². The Morgan fingerprint density at radius 3 is 2.39 bits per heavy atom. The van der Waals surface area contributed by atoms with E-state index in [0.29, 0.717) is 25.8 Å². The number of anilines is 1. The number of hydrogen-bond acceptors (Lipinski definition) is 6. The number of carbonyl (C=O) groups excluding carboxylic acids is 3. The molecule has 36 heavy (non-hydrogen) atoms. The Balaban J connectivity index is 1.55. The van der Waals surface area contributed by atoms with Crippen LogP contribution in [-0.2, 0) is 16.2 Å². The molecule has 0 unspecified atom stereocenters. The number of barbiturate groups is 1. The number of rotatable bonds is 6. The zero-order valence-electron chi connectivity index (χ0n) is 18.0. The number of ether oxygens (including phenoxy) is 1. The van der Waals surface area contributed by atoms with Crippen LogP contribution >= 0.6 is 39.1 Å². The Morgan fingerprint density at radius 2 is 1.75 bits per heavy atom. The van der Waals surface area contributed by atoms with Gasteiger partial charge in [-0.2, -0.15) is 0 Å². The monoisotopic (exact) mass is 589 g/mol. The van der Waals surface area contributed by atoms with Gasteiger partial charge < -0.3 is 4.74 Å². The topological polar surface area (TPSA) is 119 Å². The van der Waals surface area contributed by atoms with Crippen LogP contribution in [0.25, 0.3) is 6.08 Å². The van der Waals surface area contributed by atoms with Crippen molar-refractivity contribution in [2.75, 3.05) is 4.90 Å². The lowest BCUT2D eigenvalue weighted by atomic mass is 10.1. The molecule has 0 saturated carbocycles. The summed E-state index contributed by atoms with van der Waals surface area (Å²) in [6.07, 6.45) is 1.33. The molecule has 1 N–H and O–H groups in total. The summed E-state index contributed by atoms with van der Waals surface area (Å²) in [5.41, 5.74) is 0.796. The number of nitro groups is 1. The van der Waals surface area contributed by atoms with E-state index in [1.807, 2.05) is 0 Å². The molecular weight excluding hydrogens is 577 g/mol. The summed E-state index contributed by atoms with van der Waals surface area (Å²) in [6, 6.07) is 13.8. The highest BCUT2D eigenvalue weighted by molar-refractivity contribution is 9.10. The number of nitrogens with one attached hydrogen (secondary N) is 1. The first-order chi connectivity index (χ1) is 17.1. The minimum absolute atomic E-state index is 0.0762. The number of carbonyl (C=O) groups is 3. The molecule has 9 nitrogen and oxygen atoms in total. The van der Waals surface area contributed by atoms with E-state index in [4.69, 9.17) is 27.9 Å². The average molecular weight is 591 g/mol. The Kier molecular flexibility index (Phi) is 7.39. The lowest BCUT2D eigenvalue weighted by Crippen LogP contribution is -2.54. The molecule has 0 atom stereocenters. The second kappa shape index (κ2) is 10.5. The van der Waals surface area contributed by atoms with Crippen LogP contribution in [0.1, 0.15) is 11.1 Å². The van der Waals surface area contributed by atoms with E-state index in [1.54, 1.807) is 36.4 Å². The van der Waals surface area contributed by atoms with Crippen molar-refractivity contribution in [1.29, 1.82) is 0 Å². The van der Waals surface area contributed by atoms with Crippen molar-refractivity contribution >= 4 is 74.4 Å². The number of imide groups is 2. The summed E-state index contributed by atoms with van der Waals surface area (Å²) < 4.78 is 6.35. The number of non-ortho nitro benzene ring substituents is 1. The summed E-state index contributed by atoms with van der Waals surface area (Å²) in [6.45, 7) is 0.183. The maximum Gasteiger partial charge on any atom is 0.335 e. The van der Waals surface area contributed by atoms with Gasteiger partial charge in [-0.3, -0.25) is 25.0 Å². The van der Waals surface area contributed by atoms with Gasteiger partial charge in [0.25, 0.3) is 17.5 Å². The Labute approximate surface area is 222 Å². The van der Waals surface area contributed by atoms with Gasteiger partial charge in [0.1, 0.15) is 17.9 Å². The van der Waals surface area contributed by atoms with Gasteiger partial charge in [0, 0.05) is 27.7 Å². The van der Waals surface area contributed by atoms with Crippen LogP contribution in [0.4, 0.5) is 16.2 Å². The van der Waals surface area contributed by atoms with E-state index in [-0.39, 0.29) is 23.6 Å². The Hall–Kier alpha value is -3.73. The molecule has 3 aromatic carbocycles. The second-order valence-electron chi connectivity index (χ2n) is 7.45. The molecular formula is C24H14BrCl2N3O6. The molecule has 0 aromatic heterocycles. The van der Waals surface area contributed by atoms with E-state index in [2.05, 4.69) is 21.2 Å². The van der Waals surface area contributed by atoms with Crippen molar-refractivity contribution < 1.29 is 24.0 Å². The number of halogens is 3. The summed E-state index contributed by atoms with van der Waals surface area (Å²) in [7, 11) is 0. The molecule has 0 spiro atoms. The largest absolute Gasteiger partial charge is 0.488 e. The highest BCUT2D eigenvalue weighted by atomic mass is 79.9. The highest BCUT2D eigenvalue weighted by Crippen LogP contribution is 2.30. The predicted octanol–water partition coefficient (Wildman–Crippen LogP) is 5.91. The molecule has 3 aromatic rings. The number of nitro benzene ring substituents is 1. The van der Waals surface area contributed by atoms with E-state index in [0.717, 1.165) is 22.6 Å². The normalized spacial score (nSPS) is 14.7. The fourth-order valence-electron chi connectivity index (χ4n) is 3.30. The standard InChI is InChI=1S/C24H14BrCl2N3O6/c25-19-10-13(1-8-21(19)36-12-14-2-3-15(26)11-20(14)27)9-18-22(31)28-24(33)29(23(18)32)16-4-6-17(7-5-16)30(34)35/h1-11H,12H2,(H,28,31,33)/b18-9+. The fraction of sp³-hybridized carbons (Fsp3) is 0.0417. The summed E-state index contributed by atoms with van der Waals surface area (Å²) >= 11 is 15.5. The lowest BCUT2D eigenvalue weighted by molar-refractivity contribution is -0.384. The van der Waals surface area contributed by atoms with Gasteiger partial charge in [0.15, 0.2) is 0 Å². The summed E-state index contributed by atoms with van der Waals surface area (Å²) in [5.74, 6) is -1.24. The van der Waals surface area contributed by atoms with Crippen LogP contribution in [0, 0.1) is 10.1 Å². The molecule has 4 rings (SSSR count). The first-order valence-corrected chi connectivity index (χ1v) is 11.7. The van der Waals surface area contributed by atoms with Gasteiger partial charge in [-0.25, -0.2) is 9.69 Å². The van der Waals surface area contributed by atoms with Gasteiger partial charge in [-0.05, 0) is 64.0 Å². The van der Waals surface area contributed by atoms with Gasteiger partial charge >= 0.3 is 6.03 Å². The van der Waals surface area contributed by atoms with Crippen molar-refractivity contribution in [1.82, 2.24) is 5.32 Å². The molecule has 12 heteroatoms. The quantitative estimate of drug-likeness (QED) is 0.165. The molecule has 0 bridgehead atoms. The Bertz CT molecular complexity index is 1440. The van der Waals surface area contributed by atoms with E-state index < -0.39 is 22.8 Å². The van der Waals surface area contributed by atoms with Crippen molar-refractivity contribution in [3.8, 4) is 5.75 Å². The first-order valence-electron chi connectivity index (χ1n) is 10.2. The van der Waals surface area contributed by atoms with Crippen molar-refractivity contribution in [3.05, 3.63) is 102 Å². The van der Waals surface area contributed by atoms with Crippen LogP contribution < -0.4 is 15.0 Å². The van der Waals surface area contributed by atoms with Crippen molar-refractivity contribution in [3.63, 3.8) is 0 Å². The van der Waals surface area contributed by atoms with Gasteiger partial charge in [0.2, 0.25) is 0 Å². The number of hydrogen-bond donors (Lipinski definition) is 1. The van der Waals surface area contributed by atoms with E-state index in [1.165, 1.54) is 18.2 Å². The highest BCUT2D eigenvalue weighted by Gasteiger charge is 2.37. The number of benzene rings is 3. The van der Waals surface area contributed by atoms with Gasteiger partial charge in [-0.1, -0.05) is 35.3 Å². The molecule has 1 saturated heterocycles. The van der Waals surface area contributed by atoms with Gasteiger partial charge in [-0.15, -0.1) is 0 Å². The minimum Gasteiger partial charge on any atom is -0.488 e. The molecule has 182 valence electrons. The second-order valence-corrected chi connectivity index (χ2v) is 9.14. The van der Waals surface area contributed by atoms with Crippen LogP contribution in [0.2, 0.25) is 10.0 Å². The maximum absolute atomic E-state index is 13.0. The SMILES string of the molecule is O=C1NC(=O)N(c2ccc([N+](=O)[O-])cc2)C(=O)/C1=C/c1ccc(OCc2ccc(Cl)cc2Cl)c(Br)c1. The van der Waals surface area contributed by atoms with Crippen LogP contribution in [0.3, 0.4) is 0 Å². The fourth-order valence-corrected chi connectivity index (χ4v) is 4.27. The predicted molar refractivity (Wildman–Crippen MR) is 137 cm³/mol. The molecule has 1 fully saturated rings. The maximum atomic E-state index is 13.0. The summed E-state index contributed by atoms with van der Waals surface area (Å²) in [5, 5.41) is 14.0. The molecule has 1 heterocycles. The van der Waals surface area contributed by atoms with Crippen LogP contribution in [0.5, 0.6) is 5.75 Å². The number of nitrogens with zero attached hydrogens (tertiary/aromatic N) is 2. The molecule has 1 aliphatic heterocycles. The molecule has 0 radical (unpaired) electrons. The Morgan fingerprint density at radius 1 is 1.03 bits per heavy atom. The number of amides is 4. The smallest absolute Gasteiger partial charge is 0.335 e. The number of urea groups is 1. The van der Waals surface area contributed by atoms with Crippen LogP contribution in [0.15, 0.2) is 70.7 Å².